The van der Waals surface area contributed by atoms with E-state index < -0.39 is 0 Å². The number of aryl methyl sites for hydroxylation is 1. The summed E-state index contributed by atoms with van der Waals surface area (Å²) in [7, 11) is 0. The Balaban J connectivity index is -0.0000000846. The van der Waals surface area contributed by atoms with Gasteiger partial charge in [0.1, 0.15) is 0 Å². The summed E-state index contributed by atoms with van der Waals surface area (Å²) < 4.78 is 0. The summed E-state index contributed by atoms with van der Waals surface area (Å²) in [4.78, 5) is 0. The van der Waals surface area contributed by atoms with Gasteiger partial charge in [0, 0.05) is 37.7 Å². The van der Waals surface area contributed by atoms with Gasteiger partial charge in [-0.3, -0.25) is 0 Å². The van der Waals surface area contributed by atoms with Crippen LogP contribution in [0.4, 0.5) is 0 Å². The summed E-state index contributed by atoms with van der Waals surface area (Å²) in [6, 6.07) is 10.8. The third-order valence-electron chi connectivity index (χ3n) is 2.09. The Kier molecular flexibility index (Phi) is 45.4. The third-order valence-corrected chi connectivity index (χ3v) is 2.09. The topological polar surface area (TPSA) is 0 Å². The van der Waals surface area contributed by atoms with E-state index >= 15 is 0 Å². The van der Waals surface area contributed by atoms with E-state index in [9.17, 15) is 0 Å². The van der Waals surface area contributed by atoms with Crippen molar-refractivity contribution in [3.05, 3.63) is 35.9 Å². The molecule has 0 heterocycles. The van der Waals surface area contributed by atoms with Gasteiger partial charge in [0.05, 0.1) is 0 Å². The molecule has 0 aliphatic carbocycles. The molecule has 0 atom stereocenters. The van der Waals surface area contributed by atoms with Crippen molar-refractivity contribution in [1.82, 2.24) is 0 Å². The Hall–Kier alpha value is 0.480. The zero-order chi connectivity index (χ0) is 14.6. The van der Waals surface area contributed by atoms with Crippen molar-refractivity contribution < 1.29 is 37.7 Å². The fraction of sp³-hybridized carbons (Fsp3) is 0.667. The molecule has 0 unspecified atom stereocenters. The van der Waals surface area contributed by atoms with E-state index in [1.165, 1.54) is 37.7 Å². The van der Waals surface area contributed by atoms with Crippen molar-refractivity contribution in [1.29, 1.82) is 0 Å². The van der Waals surface area contributed by atoms with Crippen molar-refractivity contribution in [3.8, 4) is 0 Å². The normalized spacial score (nSPS) is 7.32. The fourth-order valence-corrected chi connectivity index (χ4v) is 0.824. The molecule has 1 heteroatoms. The maximum Gasteiger partial charge on any atom is 0 e. The van der Waals surface area contributed by atoms with Gasteiger partial charge in [-0.1, -0.05) is 80.6 Å². The largest absolute Gasteiger partial charge is 0.184 e. The molecule has 1 radical (unpaired) electrons. The molecule has 0 spiro atoms. The molecule has 1 rings (SSSR count). The van der Waals surface area contributed by atoms with Gasteiger partial charge >= 0.3 is 0 Å². The van der Waals surface area contributed by atoms with Crippen LogP contribution in [0.2, 0.25) is 0 Å². The van der Waals surface area contributed by atoms with E-state index in [2.05, 4.69) is 40.7 Å². The van der Waals surface area contributed by atoms with Crippen LogP contribution in [0.3, 0.4) is 0 Å². The number of benzene rings is 1. The van der Waals surface area contributed by atoms with Gasteiger partial charge in [0.2, 0.25) is 0 Å². The van der Waals surface area contributed by atoms with Crippen molar-refractivity contribution in [3.63, 3.8) is 0 Å². The number of rotatable bonds is 3. The summed E-state index contributed by atoms with van der Waals surface area (Å²) in [5.74, 6) is 0. The van der Waals surface area contributed by atoms with Crippen LogP contribution in [-0.2, 0) is 0 Å². The molecule has 1 aromatic carbocycles. The number of hydrogen-bond donors (Lipinski definition) is 0. The third kappa shape index (κ3) is 38.1. The predicted molar refractivity (Wildman–Crippen MR) is 87.1 cm³/mol. The average Bonchev–Trinajstić information content (AvgIpc) is 2.44. The van der Waals surface area contributed by atoms with Gasteiger partial charge in [0.25, 0.3) is 0 Å². The van der Waals surface area contributed by atoms with E-state index in [1.807, 2.05) is 38.1 Å². The summed E-state index contributed by atoms with van der Waals surface area (Å²) in [6.45, 7) is 14.8. The molecule has 0 saturated heterocycles. The molecule has 0 amide bonds. The smallest absolute Gasteiger partial charge is 0 e. The minimum Gasteiger partial charge on any atom is -0.184 e. The van der Waals surface area contributed by atoms with E-state index in [-0.39, 0.29) is 37.7 Å². The van der Waals surface area contributed by atoms with Crippen LogP contribution in [0.15, 0.2) is 24.3 Å². The molecule has 119 valence electrons. The van der Waals surface area contributed by atoms with Gasteiger partial charge < -0.3 is 0 Å². The molecule has 0 nitrogen and oxygen atoms in total. The number of hydrogen-bond acceptors (Lipinski definition) is 0. The van der Waals surface area contributed by atoms with Gasteiger partial charge in [-0.15, -0.1) is 0 Å². The van der Waals surface area contributed by atoms with Crippen molar-refractivity contribution in [2.45, 2.75) is 80.6 Å². The minimum atomic E-state index is 0. The molecule has 0 aromatic heterocycles. The van der Waals surface area contributed by atoms with Crippen LogP contribution < -0.4 is 0 Å². The van der Waals surface area contributed by atoms with Crippen molar-refractivity contribution in [2.75, 3.05) is 0 Å². The molecular weight excluding hydrogens is 381 g/mol. The molecule has 19 heavy (non-hydrogen) atoms. The van der Waals surface area contributed by atoms with Crippen LogP contribution in [-0.4, -0.2) is 0 Å². The van der Waals surface area contributed by atoms with E-state index in [4.69, 9.17) is 0 Å². The van der Waals surface area contributed by atoms with Gasteiger partial charge in [-0.25, -0.2) is 0 Å². The molecule has 0 bridgehead atoms. The summed E-state index contributed by atoms with van der Waals surface area (Å²) in [5.41, 5.74) is 1.29. The fourth-order valence-electron chi connectivity index (χ4n) is 0.824. The first kappa shape index (κ1) is 27.8. The molecular formula is C18H35Ho-. The van der Waals surface area contributed by atoms with E-state index in [0.717, 1.165) is 0 Å². The van der Waals surface area contributed by atoms with Gasteiger partial charge in [-0.05, 0) is 0 Å². The second kappa shape index (κ2) is 31.1. The quantitative estimate of drug-likeness (QED) is 0.374. The number of unbranched alkanes of at least 4 members (excludes halogenated alkanes) is 3. The first-order valence-electron chi connectivity index (χ1n) is 7.65. The summed E-state index contributed by atoms with van der Waals surface area (Å²) in [6.07, 6.45) is 6.72. The Morgan fingerprint density at radius 2 is 1.16 bits per heavy atom. The maximum absolute atomic E-state index is 2.93. The van der Waals surface area contributed by atoms with Crippen molar-refractivity contribution in [2.24, 2.45) is 0 Å². The van der Waals surface area contributed by atoms with Crippen LogP contribution in [0.25, 0.3) is 0 Å². The average molecular weight is 416 g/mol. The second-order valence-corrected chi connectivity index (χ2v) is 3.93. The molecule has 0 aliphatic rings. The monoisotopic (exact) mass is 416 g/mol. The Morgan fingerprint density at radius 1 is 0.789 bits per heavy atom. The van der Waals surface area contributed by atoms with Crippen LogP contribution in [0.5, 0.6) is 0 Å². The molecule has 0 saturated carbocycles. The first-order chi connectivity index (χ1) is 8.72. The Morgan fingerprint density at radius 3 is 1.26 bits per heavy atom. The van der Waals surface area contributed by atoms with Gasteiger partial charge in [0.15, 0.2) is 0 Å². The minimum absolute atomic E-state index is 0. The second-order valence-electron chi connectivity index (χ2n) is 3.93. The molecule has 0 fully saturated rings. The first-order valence-corrected chi connectivity index (χ1v) is 7.65. The predicted octanol–water partition coefficient (Wildman–Crippen LogP) is 6.82. The zero-order valence-electron chi connectivity index (χ0n) is 14.1. The van der Waals surface area contributed by atoms with Crippen molar-refractivity contribution >= 4 is 0 Å². The van der Waals surface area contributed by atoms with E-state index in [0.29, 0.717) is 0 Å². The SMILES string of the molecule is CC.CCCC.CCCCC.Cc1cc[c-]cc1.[Ho]. The van der Waals surface area contributed by atoms with Crippen LogP contribution in [0.1, 0.15) is 79.2 Å². The standard InChI is InChI=1S/C7H7.C5H12.C4H10.C2H6.Ho/c1-7-5-3-2-4-6-7;1-3-5-4-2;1-3-4-2;1-2;/h3-6H,1H3;3-5H2,1-2H3;3-4H2,1-2H3;1-2H3;/q-1;;;;. The summed E-state index contributed by atoms with van der Waals surface area (Å²) >= 11 is 0. The maximum atomic E-state index is 2.93. The zero-order valence-corrected chi connectivity index (χ0v) is 16.1. The molecule has 0 aliphatic heterocycles. The van der Waals surface area contributed by atoms with Gasteiger partial charge in [-0.2, -0.15) is 35.9 Å². The van der Waals surface area contributed by atoms with Crippen LogP contribution in [0, 0.1) is 50.7 Å². The van der Waals surface area contributed by atoms with E-state index in [1.54, 1.807) is 0 Å². The molecule has 0 N–H and O–H groups in total. The Bertz CT molecular complexity index is 190. The van der Waals surface area contributed by atoms with Crippen LogP contribution >= 0.6 is 0 Å². The summed E-state index contributed by atoms with van der Waals surface area (Å²) in [5, 5.41) is 0. The Labute approximate surface area is 153 Å². The molecule has 1 aromatic rings.